The fourth-order valence-corrected chi connectivity index (χ4v) is 4.32. The van der Waals surface area contributed by atoms with Gasteiger partial charge >= 0.3 is 5.97 Å². The summed E-state index contributed by atoms with van der Waals surface area (Å²) in [6, 6.07) is 2.73. The molecular formula is C13H16FNO4S. The molecular weight excluding hydrogens is 285 g/mol. The van der Waals surface area contributed by atoms with E-state index in [1.54, 1.807) is 0 Å². The topological polar surface area (TPSA) is 74.7 Å². The van der Waals surface area contributed by atoms with Crippen LogP contribution < -0.4 is 0 Å². The van der Waals surface area contributed by atoms with Gasteiger partial charge in [0.15, 0.2) is 0 Å². The molecule has 0 spiro atoms. The molecule has 0 amide bonds. The van der Waals surface area contributed by atoms with E-state index in [1.165, 1.54) is 25.1 Å². The van der Waals surface area contributed by atoms with Crippen molar-refractivity contribution < 1.29 is 22.7 Å². The molecule has 1 aromatic rings. The van der Waals surface area contributed by atoms with Crippen molar-refractivity contribution in [2.45, 2.75) is 37.1 Å². The van der Waals surface area contributed by atoms with Gasteiger partial charge in [-0.25, -0.2) is 12.8 Å². The molecule has 1 atom stereocenters. The minimum Gasteiger partial charge on any atom is -0.480 e. The number of benzene rings is 1. The normalized spacial score (nSPS) is 20.8. The van der Waals surface area contributed by atoms with Crippen LogP contribution in [0.5, 0.6) is 0 Å². The van der Waals surface area contributed by atoms with Gasteiger partial charge in [-0.2, -0.15) is 4.31 Å². The first-order valence-corrected chi connectivity index (χ1v) is 7.79. The van der Waals surface area contributed by atoms with E-state index in [1.807, 2.05) is 0 Å². The van der Waals surface area contributed by atoms with E-state index in [9.17, 15) is 17.6 Å². The fraction of sp³-hybridized carbons (Fsp3) is 0.462. The van der Waals surface area contributed by atoms with Gasteiger partial charge in [-0.3, -0.25) is 4.79 Å². The zero-order chi connectivity index (χ0) is 14.9. The molecule has 20 heavy (non-hydrogen) atoms. The fourth-order valence-electron chi connectivity index (χ4n) is 2.43. The third kappa shape index (κ3) is 2.55. The SMILES string of the molecule is Cc1c(F)cccc1S(=O)(=O)N1CCCCC1C(=O)O. The van der Waals surface area contributed by atoms with E-state index in [0.29, 0.717) is 12.8 Å². The zero-order valence-corrected chi connectivity index (χ0v) is 11.9. The summed E-state index contributed by atoms with van der Waals surface area (Å²) < 4.78 is 39.6. The molecule has 1 heterocycles. The highest BCUT2D eigenvalue weighted by molar-refractivity contribution is 7.89. The second kappa shape index (κ2) is 5.49. The molecule has 1 unspecified atom stereocenters. The quantitative estimate of drug-likeness (QED) is 0.923. The number of nitrogens with zero attached hydrogens (tertiary/aromatic N) is 1. The van der Waals surface area contributed by atoms with E-state index in [-0.39, 0.29) is 23.4 Å². The number of carbonyl (C=O) groups is 1. The van der Waals surface area contributed by atoms with Crippen LogP contribution in [0.4, 0.5) is 4.39 Å². The number of halogens is 1. The van der Waals surface area contributed by atoms with Gasteiger partial charge in [0.05, 0.1) is 4.90 Å². The molecule has 110 valence electrons. The molecule has 1 aliphatic rings. The largest absolute Gasteiger partial charge is 0.480 e. The lowest BCUT2D eigenvalue weighted by molar-refractivity contribution is -0.142. The minimum atomic E-state index is -4.00. The average Bonchev–Trinajstić information content (AvgIpc) is 2.41. The maximum Gasteiger partial charge on any atom is 0.322 e. The second-order valence-electron chi connectivity index (χ2n) is 4.83. The van der Waals surface area contributed by atoms with Gasteiger partial charge in [0.2, 0.25) is 10.0 Å². The van der Waals surface area contributed by atoms with Crippen LogP contribution in [0.3, 0.4) is 0 Å². The number of hydrogen-bond donors (Lipinski definition) is 1. The lowest BCUT2D eigenvalue weighted by Crippen LogP contribution is -2.48. The monoisotopic (exact) mass is 301 g/mol. The Balaban J connectivity index is 2.48. The van der Waals surface area contributed by atoms with Crippen LogP contribution in [0.15, 0.2) is 23.1 Å². The Morgan fingerprint density at radius 3 is 2.75 bits per heavy atom. The molecule has 0 aromatic heterocycles. The molecule has 1 saturated heterocycles. The Morgan fingerprint density at radius 2 is 2.10 bits per heavy atom. The Bertz CT molecular complexity index is 629. The summed E-state index contributed by atoms with van der Waals surface area (Å²) in [5.41, 5.74) is 0.0159. The maximum absolute atomic E-state index is 13.5. The van der Waals surface area contributed by atoms with Gasteiger partial charge in [0.1, 0.15) is 11.9 Å². The summed E-state index contributed by atoms with van der Waals surface area (Å²) in [4.78, 5) is 11.1. The molecule has 0 saturated carbocycles. The Morgan fingerprint density at radius 1 is 1.40 bits per heavy atom. The van der Waals surface area contributed by atoms with Gasteiger partial charge < -0.3 is 5.11 Å². The third-order valence-electron chi connectivity index (χ3n) is 3.54. The van der Waals surface area contributed by atoms with E-state index < -0.39 is 27.9 Å². The first-order valence-electron chi connectivity index (χ1n) is 6.35. The Kier molecular flexibility index (Phi) is 4.10. The predicted octanol–water partition coefficient (Wildman–Crippen LogP) is 1.76. The van der Waals surface area contributed by atoms with E-state index in [0.717, 1.165) is 4.31 Å². The lowest BCUT2D eigenvalue weighted by Gasteiger charge is -2.32. The Labute approximate surface area is 117 Å². The molecule has 0 radical (unpaired) electrons. The molecule has 5 nitrogen and oxygen atoms in total. The van der Waals surface area contributed by atoms with Crippen LogP contribution in [-0.2, 0) is 14.8 Å². The van der Waals surface area contributed by atoms with Crippen molar-refractivity contribution in [2.24, 2.45) is 0 Å². The first kappa shape index (κ1) is 14.9. The summed E-state index contributed by atoms with van der Waals surface area (Å²) in [5.74, 6) is -1.78. The van der Waals surface area contributed by atoms with Crippen molar-refractivity contribution in [1.29, 1.82) is 0 Å². The van der Waals surface area contributed by atoms with Crippen molar-refractivity contribution in [3.8, 4) is 0 Å². The number of carboxylic acids is 1. The van der Waals surface area contributed by atoms with Crippen LogP contribution >= 0.6 is 0 Å². The van der Waals surface area contributed by atoms with Crippen LogP contribution in [0.1, 0.15) is 24.8 Å². The molecule has 2 rings (SSSR count). The summed E-state index contributed by atoms with van der Waals surface area (Å²) in [5, 5.41) is 9.16. The third-order valence-corrected chi connectivity index (χ3v) is 5.60. The van der Waals surface area contributed by atoms with Gasteiger partial charge in [0, 0.05) is 12.1 Å². The smallest absolute Gasteiger partial charge is 0.322 e. The van der Waals surface area contributed by atoms with Crippen LogP contribution in [0, 0.1) is 12.7 Å². The second-order valence-corrected chi connectivity index (χ2v) is 6.69. The molecule has 7 heteroatoms. The van der Waals surface area contributed by atoms with Crippen molar-refractivity contribution in [1.82, 2.24) is 4.31 Å². The standard InChI is InChI=1S/C13H16FNO4S/c1-9-10(14)5-4-7-12(9)20(18,19)15-8-3-2-6-11(15)13(16)17/h4-5,7,11H,2-3,6,8H2,1H3,(H,16,17). The molecule has 1 N–H and O–H groups in total. The average molecular weight is 301 g/mol. The maximum atomic E-state index is 13.5. The number of aliphatic carboxylic acids is 1. The van der Waals surface area contributed by atoms with E-state index >= 15 is 0 Å². The number of hydrogen-bond acceptors (Lipinski definition) is 3. The van der Waals surface area contributed by atoms with Crippen molar-refractivity contribution in [3.05, 3.63) is 29.6 Å². The molecule has 1 aromatic carbocycles. The highest BCUT2D eigenvalue weighted by Gasteiger charge is 2.38. The summed E-state index contributed by atoms with van der Waals surface area (Å²) >= 11 is 0. The summed E-state index contributed by atoms with van der Waals surface area (Å²) in [6.45, 7) is 1.52. The first-order chi connectivity index (χ1) is 9.35. The number of sulfonamides is 1. The van der Waals surface area contributed by atoms with Crippen LogP contribution in [0.2, 0.25) is 0 Å². The van der Waals surface area contributed by atoms with Gasteiger partial charge in [-0.1, -0.05) is 6.07 Å². The summed E-state index contributed by atoms with van der Waals surface area (Å²) in [7, 11) is -4.00. The number of piperidine rings is 1. The Hall–Kier alpha value is -1.47. The number of rotatable bonds is 3. The number of carboxylic acid groups (broad SMARTS) is 1. The van der Waals surface area contributed by atoms with Crippen molar-refractivity contribution >= 4 is 16.0 Å². The van der Waals surface area contributed by atoms with E-state index in [4.69, 9.17) is 5.11 Å². The molecule has 0 bridgehead atoms. The van der Waals surface area contributed by atoms with Gasteiger partial charge in [-0.15, -0.1) is 0 Å². The van der Waals surface area contributed by atoms with Gasteiger partial charge in [-0.05, 0) is 38.3 Å². The lowest BCUT2D eigenvalue weighted by atomic mass is 10.1. The van der Waals surface area contributed by atoms with Crippen molar-refractivity contribution in [2.75, 3.05) is 6.54 Å². The van der Waals surface area contributed by atoms with Crippen LogP contribution in [-0.4, -0.2) is 36.4 Å². The molecule has 1 fully saturated rings. The predicted molar refractivity (Wildman–Crippen MR) is 70.3 cm³/mol. The summed E-state index contributed by atoms with van der Waals surface area (Å²) in [6.07, 6.45) is 1.56. The zero-order valence-electron chi connectivity index (χ0n) is 11.0. The minimum absolute atomic E-state index is 0.0159. The highest BCUT2D eigenvalue weighted by Crippen LogP contribution is 2.28. The van der Waals surface area contributed by atoms with Crippen molar-refractivity contribution in [3.63, 3.8) is 0 Å². The molecule has 0 aliphatic carbocycles. The van der Waals surface area contributed by atoms with Crippen LogP contribution in [0.25, 0.3) is 0 Å². The highest BCUT2D eigenvalue weighted by atomic mass is 32.2. The molecule has 1 aliphatic heterocycles. The van der Waals surface area contributed by atoms with Gasteiger partial charge in [0.25, 0.3) is 0 Å². The van der Waals surface area contributed by atoms with E-state index in [2.05, 4.69) is 0 Å².